The number of rotatable bonds is 3. The highest BCUT2D eigenvalue weighted by molar-refractivity contribution is 7.99. The van der Waals surface area contributed by atoms with Crippen molar-refractivity contribution < 1.29 is 0 Å². The fraction of sp³-hybridized carbons (Fsp3) is 0.500. The molecule has 88 valence electrons. The highest BCUT2D eigenvalue weighted by Crippen LogP contribution is 2.30. The quantitative estimate of drug-likeness (QED) is 0.912. The molecule has 1 aliphatic heterocycles. The van der Waals surface area contributed by atoms with Crippen LogP contribution in [0.1, 0.15) is 12.0 Å². The largest absolute Gasteiger partial charge is 0.327 e. The van der Waals surface area contributed by atoms with Gasteiger partial charge in [0.25, 0.3) is 0 Å². The molecule has 0 amide bonds. The third-order valence-corrected chi connectivity index (χ3v) is 5.10. The molecule has 1 aromatic carbocycles. The molecule has 0 aromatic heterocycles. The Bertz CT molecular complexity index is 364. The Kier molecular flexibility index (Phi) is 4.42. The summed E-state index contributed by atoms with van der Waals surface area (Å²) in [5.74, 6) is 3.04. The number of halogens is 2. The maximum atomic E-state index is 6.21. The van der Waals surface area contributed by atoms with Gasteiger partial charge in [0.05, 0.1) is 10.0 Å². The minimum Gasteiger partial charge on any atom is -0.327 e. The molecule has 2 rings (SSSR count). The van der Waals surface area contributed by atoms with E-state index in [4.69, 9.17) is 28.9 Å². The van der Waals surface area contributed by atoms with Crippen molar-refractivity contribution in [3.63, 3.8) is 0 Å². The van der Waals surface area contributed by atoms with Crippen molar-refractivity contribution in [2.75, 3.05) is 11.5 Å². The lowest BCUT2D eigenvalue weighted by Crippen LogP contribution is -2.32. The molecule has 0 radical (unpaired) electrons. The molecule has 0 spiro atoms. The average molecular weight is 276 g/mol. The summed E-state index contributed by atoms with van der Waals surface area (Å²) in [6, 6.07) is 5.95. The van der Waals surface area contributed by atoms with Gasteiger partial charge in [-0.1, -0.05) is 35.3 Å². The molecule has 16 heavy (non-hydrogen) atoms. The Hall–Kier alpha value is 0.110. The molecule has 0 saturated carbocycles. The molecule has 4 heteroatoms. The molecule has 2 unspecified atom stereocenters. The van der Waals surface area contributed by atoms with Crippen LogP contribution >= 0.6 is 35.0 Å². The van der Waals surface area contributed by atoms with Crippen molar-refractivity contribution in [2.24, 2.45) is 11.7 Å². The van der Waals surface area contributed by atoms with Crippen LogP contribution in [0, 0.1) is 5.92 Å². The number of hydrogen-bond donors (Lipinski definition) is 1. The molecular formula is C12H15Cl2NS. The predicted octanol–water partition coefficient (Wildman–Crippen LogP) is 3.62. The Morgan fingerprint density at radius 2 is 2.25 bits per heavy atom. The standard InChI is InChI=1S/C12H15Cl2NS/c13-10-3-1-2-8(12(10)14)6-11(15)9-4-5-16-7-9/h1-3,9,11H,4-7,15H2. The van der Waals surface area contributed by atoms with E-state index in [9.17, 15) is 0 Å². The van der Waals surface area contributed by atoms with Crippen molar-refractivity contribution in [1.82, 2.24) is 0 Å². The molecule has 1 fully saturated rings. The van der Waals surface area contributed by atoms with E-state index in [-0.39, 0.29) is 6.04 Å². The first-order valence-corrected chi connectivity index (χ1v) is 7.35. The molecule has 2 N–H and O–H groups in total. The molecule has 1 aromatic rings. The van der Waals surface area contributed by atoms with Crippen LogP contribution in [-0.4, -0.2) is 17.5 Å². The topological polar surface area (TPSA) is 26.0 Å². The van der Waals surface area contributed by atoms with E-state index in [1.807, 2.05) is 30.0 Å². The van der Waals surface area contributed by atoms with Crippen molar-refractivity contribution in [1.29, 1.82) is 0 Å². The summed E-state index contributed by atoms with van der Waals surface area (Å²) in [5.41, 5.74) is 7.28. The zero-order valence-corrected chi connectivity index (χ0v) is 11.3. The molecule has 0 aliphatic carbocycles. The Morgan fingerprint density at radius 1 is 1.44 bits per heavy atom. The third-order valence-electron chi connectivity index (χ3n) is 3.06. The number of benzene rings is 1. The Morgan fingerprint density at radius 3 is 2.94 bits per heavy atom. The van der Waals surface area contributed by atoms with E-state index < -0.39 is 0 Å². The van der Waals surface area contributed by atoms with Gasteiger partial charge in [0, 0.05) is 6.04 Å². The van der Waals surface area contributed by atoms with Crippen LogP contribution in [0.5, 0.6) is 0 Å². The van der Waals surface area contributed by atoms with E-state index in [1.54, 1.807) is 0 Å². The lowest BCUT2D eigenvalue weighted by Gasteiger charge is -2.19. The van der Waals surface area contributed by atoms with Gasteiger partial charge in [-0.15, -0.1) is 0 Å². The molecular weight excluding hydrogens is 261 g/mol. The van der Waals surface area contributed by atoms with Gasteiger partial charge in [-0.3, -0.25) is 0 Å². The maximum absolute atomic E-state index is 6.21. The lowest BCUT2D eigenvalue weighted by molar-refractivity contribution is 0.463. The van der Waals surface area contributed by atoms with Crippen LogP contribution in [0.25, 0.3) is 0 Å². The Balaban J connectivity index is 2.05. The first-order chi connectivity index (χ1) is 7.68. The second-order valence-corrected chi connectivity index (χ2v) is 6.14. The van der Waals surface area contributed by atoms with E-state index in [0.717, 1.165) is 12.0 Å². The first kappa shape index (κ1) is 12.6. The van der Waals surface area contributed by atoms with E-state index in [1.165, 1.54) is 17.9 Å². The summed E-state index contributed by atoms with van der Waals surface area (Å²) in [4.78, 5) is 0. The van der Waals surface area contributed by atoms with E-state index in [2.05, 4.69) is 0 Å². The summed E-state index contributed by atoms with van der Waals surface area (Å²) in [6.45, 7) is 0. The maximum Gasteiger partial charge on any atom is 0.0624 e. The van der Waals surface area contributed by atoms with Crippen molar-refractivity contribution in [3.05, 3.63) is 33.8 Å². The fourth-order valence-electron chi connectivity index (χ4n) is 2.02. The van der Waals surface area contributed by atoms with Gasteiger partial charge in [-0.25, -0.2) is 0 Å². The van der Waals surface area contributed by atoms with Crippen LogP contribution < -0.4 is 5.73 Å². The van der Waals surface area contributed by atoms with E-state index in [0.29, 0.717) is 16.0 Å². The van der Waals surface area contributed by atoms with Crippen LogP contribution in [0.15, 0.2) is 18.2 Å². The SMILES string of the molecule is NC(Cc1cccc(Cl)c1Cl)C1CCSC1. The molecule has 1 saturated heterocycles. The molecule has 0 bridgehead atoms. The minimum atomic E-state index is 0.200. The zero-order chi connectivity index (χ0) is 11.5. The van der Waals surface area contributed by atoms with Crippen LogP contribution in [0.2, 0.25) is 10.0 Å². The minimum absolute atomic E-state index is 0.200. The lowest BCUT2D eigenvalue weighted by atomic mass is 9.94. The van der Waals surface area contributed by atoms with Gasteiger partial charge in [-0.2, -0.15) is 11.8 Å². The van der Waals surface area contributed by atoms with Gasteiger partial charge >= 0.3 is 0 Å². The third kappa shape index (κ3) is 2.86. The smallest absolute Gasteiger partial charge is 0.0624 e. The normalized spacial score (nSPS) is 22.3. The summed E-state index contributed by atoms with van der Waals surface area (Å²) in [6.07, 6.45) is 2.05. The first-order valence-electron chi connectivity index (χ1n) is 5.44. The fourth-order valence-corrected chi connectivity index (χ4v) is 3.77. The highest BCUT2D eigenvalue weighted by atomic mass is 35.5. The number of thioether (sulfide) groups is 1. The predicted molar refractivity (Wildman–Crippen MR) is 73.6 cm³/mol. The van der Waals surface area contributed by atoms with Crippen molar-refractivity contribution in [3.8, 4) is 0 Å². The molecule has 1 heterocycles. The van der Waals surface area contributed by atoms with Crippen LogP contribution in [0.3, 0.4) is 0 Å². The summed E-state index contributed by atoms with van der Waals surface area (Å²) < 4.78 is 0. The summed E-state index contributed by atoms with van der Waals surface area (Å²) in [5, 5.41) is 1.28. The van der Waals surface area contributed by atoms with Gasteiger partial charge in [-0.05, 0) is 41.9 Å². The Labute approximate surface area is 111 Å². The van der Waals surface area contributed by atoms with Gasteiger partial charge < -0.3 is 5.73 Å². The van der Waals surface area contributed by atoms with Crippen LogP contribution in [0.4, 0.5) is 0 Å². The van der Waals surface area contributed by atoms with Gasteiger partial charge in [0.2, 0.25) is 0 Å². The molecule has 1 aliphatic rings. The van der Waals surface area contributed by atoms with Crippen molar-refractivity contribution >= 4 is 35.0 Å². The average Bonchev–Trinajstić information content (AvgIpc) is 2.78. The summed E-state index contributed by atoms with van der Waals surface area (Å²) in [7, 11) is 0. The van der Waals surface area contributed by atoms with Crippen LogP contribution in [-0.2, 0) is 6.42 Å². The second kappa shape index (κ2) is 5.63. The van der Waals surface area contributed by atoms with Gasteiger partial charge in [0.1, 0.15) is 0 Å². The second-order valence-electron chi connectivity index (χ2n) is 4.20. The highest BCUT2D eigenvalue weighted by Gasteiger charge is 2.23. The zero-order valence-electron chi connectivity index (χ0n) is 8.96. The molecule has 2 atom stereocenters. The molecule has 1 nitrogen and oxygen atoms in total. The number of hydrogen-bond acceptors (Lipinski definition) is 2. The monoisotopic (exact) mass is 275 g/mol. The summed E-state index contributed by atoms with van der Waals surface area (Å²) >= 11 is 14.1. The van der Waals surface area contributed by atoms with Gasteiger partial charge in [0.15, 0.2) is 0 Å². The van der Waals surface area contributed by atoms with E-state index >= 15 is 0 Å². The van der Waals surface area contributed by atoms with Crippen molar-refractivity contribution in [2.45, 2.75) is 18.9 Å². The number of nitrogens with two attached hydrogens (primary N) is 1.